The number of hydrogen-bond donors (Lipinski definition) is 1. The lowest BCUT2D eigenvalue weighted by Crippen LogP contribution is -2.16. The molecule has 0 aliphatic heterocycles. The fourth-order valence-electron chi connectivity index (χ4n) is 1.99. The average molecular weight is 320 g/mol. The molecule has 21 heavy (non-hydrogen) atoms. The Morgan fingerprint density at radius 3 is 2.86 bits per heavy atom. The molecule has 0 aliphatic carbocycles. The van der Waals surface area contributed by atoms with Crippen molar-refractivity contribution in [2.45, 2.75) is 19.5 Å². The summed E-state index contributed by atoms with van der Waals surface area (Å²) in [5.41, 5.74) is 2.16. The van der Waals surface area contributed by atoms with Crippen molar-refractivity contribution in [1.29, 1.82) is 0 Å². The summed E-state index contributed by atoms with van der Waals surface area (Å²) < 4.78 is 0. The maximum Gasteiger partial charge on any atom is 0.0540 e. The van der Waals surface area contributed by atoms with Gasteiger partial charge in [-0.15, -0.1) is 11.3 Å². The van der Waals surface area contributed by atoms with Crippen LogP contribution in [0.15, 0.2) is 35.7 Å². The van der Waals surface area contributed by atoms with E-state index < -0.39 is 0 Å². The number of nitrogens with zero attached hydrogens (tertiary/aromatic N) is 1. The molecule has 0 saturated heterocycles. The lowest BCUT2D eigenvalue weighted by molar-refractivity contribution is 0.305. The van der Waals surface area contributed by atoms with E-state index in [0.717, 1.165) is 29.2 Å². The maximum atomic E-state index is 8.71. The summed E-state index contributed by atoms with van der Waals surface area (Å²) in [6.07, 6.45) is 0.525. The highest BCUT2D eigenvalue weighted by Crippen LogP contribution is 2.20. The molecule has 0 aliphatic rings. The Kier molecular flexibility index (Phi) is 6.28. The molecule has 4 heteroatoms. The molecule has 1 aromatic heterocycles. The van der Waals surface area contributed by atoms with Crippen molar-refractivity contribution in [3.8, 4) is 11.8 Å². The van der Waals surface area contributed by atoms with Crippen molar-refractivity contribution in [2.75, 3.05) is 13.7 Å². The molecule has 0 amide bonds. The summed E-state index contributed by atoms with van der Waals surface area (Å²) in [5, 5.41) is 11.6. The molecule has 0 radical (unpaired) electrons. The van der Waals surface area contributed by atoms with Crippen molar-refractivity contribution in [2.24, 2.45) is 0 Å². The van der Waals surface area contributed by atoms with Gasteiger partial charge in [0.15, 0.2) is 0 Å². The molecule has 2 aromatic rings. The van der Waals surface area contributed by atoms with Gasteiger partial charge in [0.25, 0.3) is 0 Å². The Morgan fingerprint density at radius 2 is 2.10 bits per heavy atom. The van der Waals surface area contributed by atoms with E-state index in [9.17, 15) is 0 Å². The first kappa shape index (κ1) is 16.1. The van der Waals surface area contributed by atoms with Crippen molar-refractivity contribution >= 4 is 22.9 Å². The molecule has 0 bridgehead atoms. The number of halogens is 1. The Bertz CT molecular complexity index is 641. The highest BCUT2D eigenvalue weighted by molar-refractivity contribution is 7.10. The third-order valence-electron chi connectivity index (χ3n) is 2.95. The Balaban J connectivity index is 1.93. The first-order valence-corrected chi connectivity index (χ1v) is 8.04. The van der Waals surface area contributed by atoms with Gasteiger partial charge < -0.3 is 5.11 Å². The fourth-order valence-corrected chi connectivity index (χ4v) is 3.08. The van der Waals surface area contributed by atoms with Crippen LogP contribution in [0.25, 0.3) is 0 Å². The van der Waals surface area contributed by atoms with Crippen LogP contribution in [0.3, 0.4) is 0 Å². The van der Waals surface area contributed by atoms with Gasteiger partial charge in [0.1, 0.15) is 0 Å². The van der Waals surface area contributed by atoms with Gasteiger partial charge in [-0.3, -0.25) is 4.90 Å². The van der Waals surface area contributed by atoms with Crippen LogP contribution in [-0.4, -0.2) is 23.7 Å². The number of benzene rings is 1. The van der Waals surface area contributed by atoms with Crippen LogP contribution in [0, 0.1) is 11.8 Å². The molecule has 0 fully saturated rings. The molecule has 0 saturated carbocycles. The Hall–Kier alpha value is -1.31. The lowest BCUT2D eigenvalue weighted by atomic mass is 10.2. The quantitative estimate of drug-likeness (QED) is 0.848. The summed E-state index contributed by atoms with van der Waals surface area (Å²) >= 11 is 7.89. The number of hydrogen-bond acceptors (Lipinski definition) is 3. The van der Waals surface area contributed by atoms with Crippen molar-refractivity contribution < 1.29 is 5.11 Å². The highest BCUT2D eigenvalue weighted by Gasteiger charge is 2.06. The average Bonchev–Trinajstić information content (AvgIpc) is 2.89. The van der Waals surface area contributed by atoms with Crippen molar-refractivity contribution in [3.63, 3.8) is 0 Å². The fraction of sp³-hybridized carbons (Fsp3) is 0.294. The molecule has 1 heterocycles. The van der Waals surface area contributed by atoms with Crippen LogP contribution >= 0.6 is 22.9 Å². The summed E-state index contributed by atoms with van der Waals surface area (Å²) in [5.74, 6) is 6.00. The molecule has 0 atom stereocenters. The number of aliphatic hydroxyl groups excluding tert-OH is 1. The second-order valence-corrected chi connectivity index (χ2v) is 6.24. The standard InChI is InChI=1S/C17H18ClNOS/c1-19(11-15-7-2-3-8-17(15)18)12-16-10-14(13-21-16)6-4-5-9-20/h2-3,7-8,10,13,20H,5,9,11-12H2,1H3. The highest BCUT2D eigenvalue weighted by atomic mass is 35.5. The van der Waals surface area contributed by atoms with E-state index in [2.05, 4.69) is 41.3 Å². The van der Waals surface area contributed by atoms with E-state index in [4.69, 9.17) is 16.7 Å². The van der Waals surface area contributed by atoms with Gasteiger partial charge in [0.2, 0.25) is 0 Å². The first-order chi connectivity index (χ1) is 10.2. The van der Waals surface area contributed by atoms with Gasteiger partial charge in [-0.2, -0.15) is 0 Å². The van der Waals surface area contributed by atoms with E-state index >= 15 is 0 Å². The minimum Gasteiger partial charge on any atom is -0.395 e. The normalized spacial score (nSPS) is 10.5. The second kappa shape index (κ2) is 8.21. The first-order valence-electron chi connectivity index (χ1n) is 6.78. The summed E-state index contributed by atoms with van der Waals surface area (Å²) in [6, 6.07) is 10.0. The molecule has 1 N–H and O–H groups in total. The van der Waals surface area contributed by atoms with Crippen LogP contribution in [0.5, 0.6) is 0 Å². The Morgan fingerprint density at radius 1 is 1.29 bits per heavy atom. The molecule has 0 unspecified atom stereocenters. The zero-order valence-corrected chi connectivity index (χ0v) is 13.5. The second-order valence-electron chi connectivity index (χ2n) is 4.84. The topological polar surface area (TPSA) is 23.5 Å². The van der Waals surface area contributed by atoms with Crippen LogP contribution in [0.2, 0.25) is 5.02 Å². The number of rotatable bonds is 5. The minimum absolute atomic E-state index is 0.116. The van der Waals surface area contributed by atoms with E-state index in [1.54, 1.807) is 11.3 Å². The zero-order valence-electron chi connectivity index (χ0n) is 12.0. The van der Waals surface area contributed by atoms with Crippen LogP contribution in [0.4, 0.5) is 0 Å². The van der Waals surface area contributed by atoms with Gasteiger partial charge in [-0.05, 0) is 24.7 Å². The van der Waals surface area contributed by atoms with Crippen LogP contribution in [0.1, 0.15) is 22.4 Å². The summed E-state index contributed by atoms with van der Waals surface area (Å²) in [4.78, 5) is 3.51. The maximum absolute atomic E-state index is 8.71. The molecule has 0 spiro atoms. The predicted molar refractivity (Wildman–Crippen MR) is 89.5 cm³/mol. The molecular weight excluding hydrogens is 302 g/mol. The molecule has 1 aromatic carbocycles. The largest absolute Gasteiger partial charge is 0.395 e. The van der Waals surface area contributed by atoms with E-state index in [1.807, 2.05) is 18.2 Å². The van der Waals surface area contributed by atoms with Gasteiger partial charge in [0.05, 0.1) is 6.61 Å². The Labute approximate surface area is 135 Å². The molecule has 2 rings (SSSR count). The summed E-state index contributed by atoms with van der Waals surface area (Å²) in [7, 11) is 2.08. The summed E-state index contributed by atoms with van der Waals surface area (Å²) in [6.45, 7) is 1.81. The third kappa shape index (κ3) is 5.18. The van der Waals surface area contributed by atoms with Crippen molar-refractivity contribution in [1.82, 2.24) is 4.90 Å². The van der Waals surface area contributed by atoms with Crippen LogP contribution < -0.4 is 0 Å². The number of thiophene rings is 1. The third-order valence-corrected chi connectivity index (χ3v) is 4.24. The molecule has 2 nitrogen and oxygen atoms in total. The van der Waals surface area contributed by atoms with Crippen LogP contribution in [-0.2, 0) is 13.1 Å². The minimum atomic E-state index is 0.116. The van der Waals surface area contributed by atoms with E-state index in [-0.39, 0.29) is 6.61 Å². The predicted octanol–water partition coefficient (Wildman–Crippen LogP) is 3.77. The SMILES string of the molecule is CN(Cc1cc(C#CCCO)cs1)Cc1ccccc1Cl. The van der Waals surface area contributed by atoms with Crippen molar-refractivity contribution in [3.05, 3.63) is 56.7 Å². The van der Waals surface area contributed by atoms with Gasteiger partial charge in [-0.1, -0.05) is 41.6 Å². The van der Waals surface area contributed by atoms with Gasteiger partial charge >= 0.3 is 0 Å². The van der Waals surface area contributed by atoms with Gasteiger partial charge in [-0.25, -0.2) is 0 Å². The lowest BCUT2D eigenvalue weighted by Gasteiger charge is -2.16. The van der Waals surface area contributed by atoms with E-state index in [1.165, 1.54) is 4.88 Å². The van der Waals surface area contributed by atoms with E-state index in [0.29, 0.717) is 6.42 Å². The zero-order chi connectivity index (χ0) is 15.1. The smallest absolute Gasteiger partial charge is 0.0540 e. The van der Waals surface area contributed by atoms with Gasteiger partial charge in [0, 0.05) is 40.4 Å². The number of aliphatic hydroxyl groups is 1. The molecule has 110 valence electrons. The molecular formula is C17H18ClNOS. The monoisotopic (exact) mass is 319 g/mol.